The van der Waals surface area contributed by atoms with Gasteiger partial charge in [-0.05, 0) is 68.9 Å². The molecule has 0 radical (unpaired) electrons. The van der Waals surface area contributed by atoms with Crippen molar-refractivity contribution in [2.24, 2.45) is 0 Å². The lowest BCUT2D eigenvalue weighted by Gasteiger charge is -2.29. The summed E-state index contributed by atoms with van der Waals surface area (Å²) in [6, 6.07) is 12.4. The van der Waals surface area contributed by atoms with E-state index in [-0.39, 0.29) is 11.9 Å². The van der Waals surface area contributed by atoms with Crippen LogP contribution in [0.2, 0.25) is 0 Å². The van der Waals surface area contributed by atoms with E-state index in [9.17, 15) is 13.2 Å². The second kappa shape index (κ2) is 7.95. The van der Waals surface area contributed by atoms with Crippen LogP contribution >= 0.6 is 0 Å². The van der Waals surface area contributed by atoms with E-state index >= 15 is 0 Å². The highest BCUT2D eigenvalue weighted by Crippen LogP contribution is 2.26. The first-order valence-electron chi connectivity index (χ1n) is 9.65. The quantitative estimate of drug-likeness (QED) is 0.807. The Morgan fingerprint density at radius 3 is 2.32 bits per heavy atom. The Balaban J connectivity index is 1.78. The van der Waals surface area contributed by atoms with Gasteiger partial charge in [0.2, 0.25) is 15.9 Å². The summed E-state index contributed by atoms with van der Waals surface area (Å²) in [5.41, 5.74) is 5.30. The summed E-state index contributed by atoms with van der Waals surface area (Å²) in [6.07, 6.45) is 4.50. The average molecular weight is 401 g/mol. The third kappa shape index (κ3) is 4.38. The number of rotatable bonds is 6. The van der Waals surface area contributed by atoms with Crippen LogP contribution in [0, 0.1) is 6.92 Å². The van der Waals surface area contributed by atoms with Gasteiger partial charge < -0.3 is 5.32 Å². The number of aryl methyl sites for hydroxylation is 3. The molecule has 0 spiro atoms. The average Bonchev–Trinajstić information content (AvgIpc) is 3.10. The molecule has 1 aliphatic rings. The van der Waals surface area contributed by atoms with Crippen LogP contribution in [-0.4, -0.2) is 26.6 Å². The van der Waals surface area contributed by atoms with Gasteiger partial charge in [0.25, 0.3) is 0 Å². The van der Waals surface area contributed by atoms with E-state index in [4.69, 9.17) is 0 Å². The van der Waals surface area contributed by atoms with Crippen LogP contribution in [0.15, 0.2) is 42.5 Å². The SMILES string of the molecule is Cc1ccc(N([C@H](C)C(=O)N[C@H](C)c2ccc3c(c2)CCC3)S(C)(=O)=O)cc1. The molecule has 2 aromatic carbocycles. The van der Waals surface area contributed by atoms with Crippen molar-refractivity contribution in [3.63, 3.8) is 0 Å². The Morgan fingerprint density at radius 1 is 1.04 bits per heavy atom. The van der Waals surface area contributed by atoms with Gasteiger partial charge in [-0.2, -0.15) is 0 Å². The van der Waals surface area contributed by atoms with Crippen molar-refractivity contribution < 1.29 is 13.2 Å². The Labute approximate surface area is 167 Å². The molecule has 3 rings (SSSR count). The number of fused-ring (bicyclic) bond motifs is 1. The molecule has 0 aliphatic heterocycles. The van der Waals surface area contributed by atoms with Gasteiger partial charge in [-0.1, -0.05) is 35.9 Å². The van der Waals surface area contributed by atoms with Crippen molar-refractivity contribution in [3.05, 3.63) is 64.7 Å². The maximum Gasteiger partial charge on any atom is 0.244 e. The summed E-state index contributed by atoms with van der Waals surface area (Å²) in [4.78, 5) is 12.9. The number of nitrogens with one attached hydrogen (secondary N) is 1. The molecule has 2 aromatic rings. The summed E-state index contributed by atoms with van der Waals surface area (Å²) in [7, 11) is -3.61. The van der Waals surface area contributed by atoms with Gasteiger partial charge >= 0.3 is 0 Å². The van der Waals surface area contributed by atoms with Gasteiger partial charge in [-0.25, -0.2) is 8.42 Å². The molecule has 0 saturated heterocycles. The number of carbonyl (C=O) groups excluding carboxylic acids is 1. The molecule has 0 unspecified atom stereocenters. The lowest BCUT2D eigenvalue weighted by molar-refractivity contribution is -0.122. The first kappa shape index (κ1) is 20.4. The largest absolute Gasteiger partial charge is 0.348 e. The third-order valence-electron chi connectivity index (χ3n) is 5.36. The second-order valence-corrected chi connectivity index (χ2v) is 9.54. The fraction of sp³-hybridized carbons (Fsp3) is 0.409. The standard InChI is InChI=1S/C22H28N2O3S/c1-15-8-12-21(13-9-15)24(28(4,26)27)17(3)22(25)23-16(2)19-11-10-18-6-5-7-20(18)14-19/h8-14,16-17H,5-7H2,1-4H3,(H,23,25)/t16-,17-/m1/s1. The fourth-order valence-corrected chi connectivity index (χ4v) is 4.95. The maximum atomic E-state index is 12.9. The smallest absolute Gasteiger partial charge is 0.244 e. The maximum absolute atomic E-state index is 12.9. The van der Waals surface area contributed by atoms with Crippen molar-refractivity contribution in [2.45, 2.75) is 52.1 Å². The Morgan fingerprint density at radius 2 is 1.68 bits per heavy atom. The van der Waals surface area contributed by atoms with Crippen LogP contribution in [0.5, 0.6) is 0 Å². The van der Waals surface area contributed by atoms with Crippen LogP contribution in [0.25, 0.3) is 0 Å². The number of amides is 1. The molecule has 2 atom stereocenters. The van der Waals surface area contributed by atoms with E-state index < -0.39 is 16.1 Å². The van der Waals surface area contributed by atoms with Crippen LogP contribution in [0.1, 0.15) is 48.6 Å². The first-order valence-corrected chi connectivity index (χ1v) is 11.5. The number of anilines is 1. The third-order valence-corrected chi connectivity index (χ3v) is 6.60. The van der Waals surface area contributed by atoms with E-state index in [2.05, 4.69) is 17.4 Å². The van der Waals surface area contributed by atoms with Crippen LogP contribution in [0.4, 0.5) is 5.69 Å². The van der Waals surface area contributed by atoms with E-state index in [1.807, 2.05) is 32.0 Å². The lowest BCUT2D eigenvalue weighted by atomic mass is 10.0. The summed E-state index contributed by atoms with van der Waals surface area (Å²) in [5, 5.41) is 2.98. The number of hydrogen-bond donors (Lipinski definition) is 1. The molecule has 0 saturated carbocycles. The molecule has 5 nitrogen and oxygen atoms in total. The molecule has 1 amide bonds. The molecular weight excluding hydrogens is 372 g/mol. The Kier molecular flexibility index (Phi) is 5.79. The van der Waals surface area contributed by atoms with Crippen molar-refractivity contribution in [2.75, 3.05) is 10.6 Å². The van der Waals surface area contributed by atoms with E-state index in [1.165, 1.54) is 21.9 Å². The molecule has 0 aromatic heterocycles. The minimum absolute atomic E-state index is 0.194. The zero-order valence-electron chi connectivity index (χ0n) is 16.9. The number of hydrogen-bond acceptors (Lipinski definition) is 3. The highest BCUT2D eigenvalue weighted by Gasteiger charge is 2.30. The second-order valence-electron chi connectivity index (χ2n) is 7.68. The molecule has 0 bridgehead atoms. The summed E-state index contributed by atoms with van der Waals surface area (Å²) in [6.45, 7) is 5.48. The van der Waals surface area contributed by atoms with E-state index in [0.717, 1.165) is 30.2 Å². The van der Waals surface area contributed by atoms with Gasteiger partial charge in [0.15, 0.2) is 0 Å². The normalized spacial score (nSPS) is 15.6. The van der Waals surface area contributed by atoms with Gasteiger partial charge in [-0.15, -0.1) is 0 Å². The molecular formula is C22H28N2O3S. The van der Waals surface area contributed by atoms with Crippen LogP contribution < -0.4 is 9.62 Å². The minimum atomic E-state index is -3.61. The van der Waals surface area contributed by atoms with E-state index in [0.29, 0.717) is 5.69 Å². The number of sulfonamides is 1. The van der Waals surface area contributed by atoms with Crippen molar-refractivity contribution in [3.8, 4) is 0 Å². The van der Waals surface area contributed by atoms with Crippen molar-refractivity contribution in [1.82, 2.24) is 5.32 Å². The Hall–Kier alpha value is -2.34. The molecule has 1 aliphatic carbocycles. The lowest BCUT2D eigenvalue weighted by Crippen LogP contribution is -2.48. The van der Waals surface area contributed by atoms with Crippen molar-refractivity contribution >= 4 is 21.6 Å². The number of benzene rings is 2. The van der Waals surface area contributed by atoms with Gasteiger partial charge in [0.1, 0.15) is 6.04 Å². The zero-order chi connectivity index (χ0) is 20.5. The minimum Gasteiger partial charge on any atom is -0.348 e. The van der Waals surface area contributed by atoms with Gasteiger partial charge in [-0.3, -0.25) is 9.10 Å². The summed E-state index contributed by atoms with van der Waals surface area (Å²) in [5.74, 6) is -0.320. The molecule has 0 heterocycles. The fourth-order valence-electron chi connectivity index (χ4n) is 3.78. The van der Waals surface area contributed by atoms with Gasteiger partial charge in [0.05, 0.1) is 18.0 Å². The molecule has 28 heavy (non-hydrogen) atoms. The molecule has 0 fully saturated rings. The highest BCUT2D eigenvalue weighted by molar-refractivity contribution is 7.92. The topological polar surface area (TPSA) is 66.5 Å². The Bertz CT molecular complexity index is 968. The predicted octanol–water partition coefficient (Wildman–Crippen LogP) is 3.52. The monoisotopic (exact) mass is 400 g/mol. The summed E-state index contributed by atoms with van der Waals surface area (Å²) < 4.78 is 26.0. The molecule has 6 heteroatoms. The predicted molar refractivity (Wildman–Crippen MR) is 113 cm³/mol. The zero-order valence-corrected chi connectivity index (χ0v) is 17.7. The van der Waals surface area contributed by atoms with Crippen LogP contribution in [-0.2, 0) is 27.7 Å². The number of carbonyl (C=O) groups is 1. The van der Waals surface area contributed by atoms with E-state index in [1.54, 1.807) is 19.1 Å². The molecule has 1 N–H and O–H groups in total. The summed E-state index contributed by atoms with van der Waals surface area (Å²) >= 11 is 0. The highest BCUT2D eigenvalue weighted by atomic mass is 32.2. The van der Waals surface area contributed by atoms with Gasteiger partial charge in [0, 0.05) is 0 Å². The van der Waals surface area contributed by atoms with Crippen LogP contribution in [0.3, 0.4) is 0 Å². The molecule has 150 valence electrons. The first-order chi connectivity index (χ1) is 13.2. The number of nitrogens with zero attached hydrogens (tertiary/aromatic N) is 1. The van der Waals surface area contributed by atoms with Crippen molar-refractivity contribution in [1.29, 1.82) is 0 Å².